The van der Waals surface area contributed by atoms with Crippen LogP contribution in [0.5, 0.6) is 46.0 Å². The molecule has 0 fully saturated rings. The molecule has 6 aromatic rings. The van der Waals surface area contributed by atoms with Crippen LogP contribution in [0.4, 0.5) is 0 Å². The molecule has 0 amide bonds. The summed E-state index contributed by atoms with van der Waals surface area (Å²) in [7, 11) is 0. The lowest BCUT2D eigenvalue weighted by atomic mass is 9.96. The van der Waals surface area contributed by atoms with E-state index in [0.29, 0.717) is 0 Å². The number of hydrogen-bond donors (Lipinski definition) is 8. The summed E-state index contributed by atoms with van der Waals surface area (Å²) in [6.07, 6.45) is 0. The first-order chi connectivity index (χ1) is 18.0. The van der Waals surface area contributed by atoms with E-state index >= 15 is 0 Å². The Bertz CT molecular complexity index is 2150. The zero-order chi connectivity index (χ0) is 27.2. The van der Waals surface area contributed by atoms with E-state index in [0.717, 1.165) is 36.4 Å². The predicted octanol–water partition coefficient (Wildman–Crippen LogP) is 3.52. The Morgan fingerprint density at radius 3 is 1.84 bits per heavy atom. The second kappa shape index (κ2) is 7.36. The quantitative estimate of drug-likeness (QED) is 0.116. The zero-order valence-corrected chi connectivity index (χ0v) is 18.7. The molecule has 4 aromatic carbocycles. The van der Waals surface area contributed by atoms with Crippen LogP contribution in [-0.4, -0.2) is 40.9 Å². The third-order valence-corrected chi connectivity index (χ3v) is 6.25. The summed E-state index contributed by atoms with van der Waals surface area (Å²) in [4.78, 5) is 26.5. The highest BCUT2D eigenvalue weighted by atomic mass is 16.4. The molecule has 0 aliphatic carbocycles. The highest BCUT2D eigenvalue weighted by Gasteiger charge is 2.27. The van der Waals surface area contributed by atoms with Gasteiger partial charge in [-0.2, -0.15) is 0 Å². The third kappa shape index (κ3) is 2.85. The fourth-order valence-electron chi connectivity index (χ4n) is 4.60. The molecule has 2 aromatic heterocycles. The maximum atomic E-state index is 13.3. The Balaban J connectivity index is 1.82. The fraction of sp³-hybridized carbons (Fsp3) is 0. The number of fused-ring (bicyclic) bond motifs is 4. The minimum atomic E-state index is -1.01. The van der Waals surface area contributed by atoms with Gasteiger partial charge in [0.2, 0.25) is 10.9 Å². The molecule has 0 aliphatic rings. The van der Waals surface area contributed by atoms with E-state index in [1.165, 1.54) is 0 Å². The van der Waals surface area contributed by atoms with Crippen molar-refractivity contribution in [1.29, 1.82) is 0 Å². The summed E-state index contributed by atoms with van der Waals surface area (Å²) in [5.74, 6) is -5.36. The lowest BCUT2D eigenvalue weighted by Crippen LogP contribution is -2.05. The predicted molar refractivity (Wildman–Crippen MR) is 132 cm³/mol. The molecule has 12 nitrogen and oxygen atoms in total. The number of benzene rings is 4. The molecule has 0 saturated heterocycles. The molecule has 38 heavy (non-hydrogen) atoms. The zero-order valence-electron chi connectivity index (χ0n) is 18.7. The molecule has 0 saturated carbocycles. The van der Waals surface area contributed by atoms with Crippen LogP contribution in [0.1, 0.15) is 0 Å². The first kappa shape index (κ1) is 22.7. The minimum absolute atomic E-state index is 0.298. The van der Waals surface area contributed by atoms with Crippen molar-refractivity contribution in [3.63, 3.8) is 0 Å². The first-order valence-corrected chi connectivity index (χ1v) is 10.7. The average Bonchev–Trinajstić information content (AvgIpc) is 2.83. The van der Waals surface area contributed by atoms with Crippen molar-refractivity contribution in [2.75, 3.05) is 0 Å². The second-order valence-electron chi connectivity index (χ2n) is 8.50. The standard InChI is InChI=1S/C26H14O12/c27-7-3-11(30)17-15(4-7)37-25-14(33)5-8(21(34)20(25)22(17)35)16-12(31)6-13(32)19-23(36)18-9(28)1-2-10(29)24(18)38-26(16)19/h1-6,27-34H. The normalized spacial score (nSPS) is 11.7. The minimum Gasteiger partial charge on any atom is -0.508 e. The maximum absolute atomic E-state index is 13.3. The molecular weight excluding hydrogens is 504 g/mol. The van der Waals surface area contributed by atoms with Gasteiger partial charge in [0, 0.05) is 23.8 Å². The van der Waals surface area contributed by atoms with Crippen molar-refractivity contribution >= 4 is 43.9 Å². The monoisotopic (exact) mass is 518 g/mol. The van der Waals surface area contributed by atoms with Gasteiger partial charge in [0.25, 0.3) is 0 Å². The van der Waals surface area contributed by atoms with Gasteiger partial charge in [0.1, 0.15) is 61.6 Å². The van der Waals surface area contributed by atoms with Crippen molar-refractivity contribution < 1.29 is 49.7 Å². The van der Waals surface area contributed by atoms with Crippen LogP contribution in [-0.2, 0) is 0 Å². The van der Waals surface area contributed by atoms with Crippen LogP contribution in [0.15, 0.2) is 54.8 Å². The highest BCUT2D eigenvalue weighted by molar-refractivity contribution is 6.09. The van der Waals surface area contributed by atoms with E-state index in [2.05, 4.69) is 0 Å². The molecule has 0 unspecified atom stereocenters. The van der Waals surface area contributed by atoms with Gasteiger partial charge in [-0.15, -0.1) is 0 Å². The number of rotatable bonds is 1. The lowest BCUT2D eigenvalue weighted by Gasteiger charge is -2.15. The number of phenols is 8. The van der Waals surface area contributed by atoms with E-state index in [1.54, 1.807) is 0 Å². The molecule has 12 heteroatoms. The van der Waals surface area contributed by atoms with Crippen molar-refractivity contribution in [3.05, 3.63) is 56.8 Å². The van der Waals surface area contributed by atoms with E-state index in [4.69, 9.17) is 8.83 Å². The Labute approximate surface area is 208 Å². The van der Waals surface area contributed by atoms with Crippen molar-refractivity contribution in [2.45, 2.75) is 0 Å². The van der Waals surface area contributed by atoms with Gasteiger partial charge in [-0.3, -0.25) is 9.59 Å². The molecule has 190 valence electrons. The SMILES string of the molecule is O=c1c2c(O)cc(O)cc2oc2c(O)cc(-c3c(O)cc(O)c4c(=O)c5c(O)ccc(O)c5oc34)c(O)c12. The summed E-state index contributed by atoms with van der Waals surface area (Å²) in [5.41, 5.74) is -4.81. The third-order valence-electron chi connectivity index (χ3n) is 6.25. The van der Waals surface area contributed by atoms with Gasteiger partial charge in [0.05, 0.1) is 5.56 Å². The van der Waals surface area contributed by atoms with Crippen molar-refractivity contribution in [2.24, 2.45) is 0 Å². The van der Waals surface area contributed by atoms with Crippen molar-refractivity contribution in [1.82, 2.24) is 0 Å². The van der Waals surface area contributed by atoms with E-state index < -0.39 is 106 Å². The molecule has 0 radical (unpaired) electrons. The summed E-state index contributed by atoms with van der Waals surface area (Å²) in [6, 6.07) is 5.58. The van der Waals surface area contributed by atoms with Gasteiger partial charge >= 0.3 is 0 Å². The molecule has 0 atom stereocenters. The van der Waals surface area contributed by atoms with E-state index in [9.17, 15) is 50.4 Å². The molecule has 0 bridgehead atoms. The van der Waals surface area contributed by atoms with Crippen LogP contribution in [0.3, 0.4) is 0 Å². The van der Waals surface area contributed by atoms with Gasteiger partial charge in [-0.25, -0.2) is 0 Å². The number of hydrogen-bond acceptors (Lipinski definition) is 12. The van der Waals surface area contributed by atoms with Gasteiger partial charge in [-0.1, -0.05) is 0 Å². The van der Waals surface area contributed by atoms with Crippen LogP contribution in [0.2, 0.25) is 0 Å². The molecule has 0 spiro atoms. The summed E-state index contributed by atoms with van der Waals surface area (Å²) in [6.45, 7) is 0. The first-order valence-electron chi connectivity index (χ1n) is 10.7. The highest BCUT2D eigenvalue weighted by Crippen LogP contribution is 2.49. The Kier molecular flexibility index (Phi) is 4.39. The molecular formula is C26H14O12. The van der Waals surface area contributed by atoms with Crippen LogP contribution in [0.25, 0.3) is 55.0 Å². The van der Waals surface area contributed by atoms with Gasteiger partial charge in [-0.05, 0) is 18.2 Å². The Morgan fingerprint density at radius 1 is 0.500 bits per heavy atom. The smallest absolute Gasteiger partial charge is 0.208 e. The second-order valence-corrected chi connectivity index (χ2v) is 8.50. The summed E-state index contributed by atoms with van der Waals surface area (Å²) < 4.78 is 11.1. The molecule has 2 heterocycles. The fourth-order valence-corrected chi connectivity index (χ4v) is 4.60. The molecule has 6 rings (SSSR count). The largest absolute Gasteiger partial charge is 0.508 e. The average molecular weight is 518 g/mol. The van der Waals surface area contributed by atoms with E-state index in [-0.39, 0.29) is 5.58 Å². The molecule has 0 aliphatic heterocycles. The Hall–Kier alpha value is -5.78. The van der Waals surface area contributed by atoms with Crippen molar-refractivity contribution in [3.8, 4) is 57.1 Å². The van der Waals surface area contributed by atoms with Gasteiger partial charge < -0.3 is 49.7 Å². The maximum Gasteiger partial charge on any atom is 0.208 e. The lowest BCUT2D eigenvalue weighted by molar-refractivity contribution is 0.446. The molecule has 8 N–H and O–H groups in total. The van der Waals surface area contributed by atoms with E-state index in [1.807, 2.05) is 0 Å². The topological polar surface area (TPSA) is 222 Å². The van der Waals surface area contributed by atoms with Crippen LogP contribution < -0.4 is 10.9 Å². The van der Waals surface area contributed by atoms with Crippen LogP contribution in [0, 0.1) is 0 Å². The number of phenolic OH excluding ortho intramolecular Hbond substituents is 8. The number of aromatic hydroxyl groups is 8. The van der Waals surface area contributed by atoms with Gasteiger partial charge in [0.15, 0.2) is 28.2 Å². The summed E-state index contributed by atoms with van der Waals surface area (Å²) in [5, 5.41) is 81.3. The Morgan fingerprint density at radius 2 is 1.11 bits per heavy atom. The summed E-state index contributed by atoms with van der Waals surface area (Å²) >= 11 is 0. The van der Waals surface area contributed by atoms with Crippen LogP contribution >= 0.6 is 0 Å².